The van der Waals surface area contributed by atoms with Crippen molar-refractivity contribution in [2.75, 3.05) is 13.2 Å². The summed E-state index contributed by atoms with van der Waals surface area (Å²) in [7, 11) is 0. The van der Waals surface area contributed by atoms with Crippen LogP contribution in [0.25, 0.3) is 11.0 Å². The number of benzene rings is 2. The maximum absolute atomic E-state index is 12.1. The van der Waals surface area contributed by atoms with Gasteiger partial charge in [0.15, 0.2) is 0 Å². The summed E-state index contributed by atoms with van der Waals surface area (Å²) >= 11 is 0. The smallest absolute Gasteiger partial charge is 0.349 e. The van der Waals surface area contributed by atoms with E-state index in [1.165, 1.54) is 12.1 Å². The zero-order valence-electron chi connectivity index (χ0n) is 16.9. The molecular formula is C23H23NO6. The van der Waals surface area contributed by atoms with E-state index in [0.717, 1.165) is 11.3 Å². The average molecular weight is 409 g/mol. The predicted octanol–water partition coefficient (Wildman–Crippen LogP) is 3.62. The first-order valence-corrected chi connectivity index (χ1v) is 9.72. The van der Waals surface area contributed by atoms with Crippen molar-refractivity contribution in [3.63, 3.8) is 0 Å². The van der Waals surface area contributed by atoms with Crippen molar-refractivity contribution in [1.29, 1.82) is 0 Å². The molecule has 0 saturated carbocycles. The standard InChI is InChI=1S/C23H23NO6/c1-3-24-22(26)19-13-16-8-11-18(14-20(16)30-23(19)27)29-21(25)5-4-12-28-17-9-6-15(2)7-10-17/h6-11,13-14H,3-5,12H2,1-2H3,(H,24,26). The molecule has 0 atom stereocenters. The highest BCUT2D eigenvalue weighted by Crippen LogP contribution is 2.21. The molecule has 7 heteroatoms. The minimum Gasteiger partial charge on any atom is -0.494 e. The van der Waals surface area contributed by atoms with Crippen LogP contribution in [0.4, 0.5) is 0 Å². The molecule has 1 heterocycles. The number of ether oxygens (including phenoxy) is 2. The van der Waals surface area contributed by atoms with Crippen LogP contribution in [0.2, 0.25) is 0 Å². The molecule has 2 aromatic carbocycles. The monoisotopic (exact) mass is 409 g/mol. The summed E-state index contributed by atoms with van der Waals surface area (Å²) in [5, 5.41) is 3.12. The van der Waals surface area contributed by atoms with E-state index in [2.05, 4.69) is 5.32 Å². The number of amides is 1. The normalized spacial score (nSPS) is 10.6. The number of hydrogen-bond donors (Lipinski definition) is 1. The number of esters is 1. The van der Waals surface area contributed by atoms with Gasteiger partial charge >= 0.3 is 11.6 Å². The molecule has 30 heavy (non-hydrogen) atoms. The maximum atomic E-state index is 12.1. The van der Waals surface area contributed by atoms with Crippen LogP contribution in [0.3, 0.4) is 0 Å². The quantitative estimate of drug-likeness (QED) is 0.264. The Morgan fingerprint density at radius 3 is 2.50 bits per heavy atom. The molecule has 1 aromatic heterocycles. The van der Waals surface area contributed by atoms with Crippen LogP contribution < -0.4 is 20.4 Å². The van der Waals surface area contributed by atoms with Gasteiger partial charge in [-0.05, 0) is 50.6 Å². The van der Waals surface area contributed by atoms with Crippen LogP contribution in [0.5, 0.6) is 11.5 Å². The molecule has 3 aromatic rings. The lowest BCUT2D eigenvalue weighted by atomic mass is 10.1. The lowest BCUT2D eigenvalue weighted by Gasteiger charge is -2.08. The highest BCUT2D eigenvalue weighted by Gasteiger charge is 2.14. The number of aryl methyl sites for hydroxylation is 1. The largest absolute Gasteiger partial charge is 0.494 e. The molecule has 0 aliphatic rings. The first-order chi connectivity index (χ1) is 14.5. The second kappa shape index (κ2) is 9.73. The predicted molar refractivity (Wildman–Crippen MR) is 112 cm³/mol. The van der Waals surface area contributed by atoms with Gasteiger partial charge in [0.2, 0.25) is 0 Å². The zero-order chi connectivity index (χ0) is 21.5. The van der Waals surface area contributed by atoms with Gasteiger partial charge in [0.25, 0.3) is 5.91 Å². The van der Waals surface area contributed by atoms with Crippen molar-refractivity contribution in [2.45, 2.75) is 26.7 Å². The zero-order valence-corrected chi connectivity index (χ0v) is 16.9. The fourth-order valence-electron chi connectivity index (χ4n) is 2.79. The van der Waals surface area contributed by atoms with Crippen LogP contribution in [-0.2, 0) is 4.79 Å². The first-order valence-electron chi connectivity index (χ1n) is 9.72. The number of carbonyl (C=O) groups excluding carboxylic acids is 2. The Labute approximate surface area is 173 Å². The molecule has 7 nitrogen and oxygen atoms in total. The summed E-state index contributed by atoms with van der Waals surface area (Å²) in [6, 6.07) is 13.8. The summed E-state index contributed by atoms with van der Waals surface area (Å²) in [4.78, 5) is 36.0. The summed E-state index contributed by atoms with van der Waals surface area (Å²) in [5.41, 5.74) is 0.575. The van der Waals surface area contributed by atoms with Crippen molar-refractivity contribution in [3.8, 4) is 11.5 Å². The molecule has 0 aliphatic carbocycles. The molecule has 0 saturated heterocycles. The van der Waals surface area contributed by atoms with Gasteiger partial charge in [-0.15, -0.1) is 0 Å². The van der Waals surface area contributed by atoms with Crippen molar-refractivity contribution >= 4 is 22.8 Å². The number of fused-ring (bicyclic) bond motifs is 1. The molecule has 0 bridgehead atoms. The molecule has 0 spiro atoms. The maximum Gasteiger partial charge on any atom is 0.349 e. The second-order valence-electron chi connectivity index (χ2n) is 6.75. The molecule has 0 unspecified atom stereocenters. The van der Waals surface area contributed by atoms with Crippen molar-refractivity contribution in [2.24, 2.45) is 0 Å². The third kappa shape index (κ3) is 5.47. The van der Waals surface area contributed by atoms with Gasteiger partial charge in [-0.2, -0.15) is 0 Å². The highest BCUT2D eigenvalue weighted by molar-refractivity contribution is 5.96. The van der Waals surface area contributed by atoms with E-state index in [9.17, 15) is 14.4 Å². The summed E-state index contributed by atoms with van der Waals surface area (Å²) in [6.07, 6.45) is 0.690. The molecule has 0 radical (unpaired) electrons. The van der Waals surface area contributed by atoms with Crippen molar-refractivity contribution in [1.82, 2.24) is 5.32 Å². The third-order valence-corrected chi connectivity index (χ3v) is 4.34. The van der Waals surface area contributed by atoms with Crippen LogP contribution in [0.1, 0.15) is 35.7 Å². The van der Waals surface area contributed by atoms with E-state index < -0.39 is 17.5 Å². The molecule has 156 valence electrons. The van der Waals surface area contributed by atoms with Gasteiger partial charge in [0.1, 0.15) is 22.6 Å². The van der Waals surface area contributed by atoms with Crippen molar-refractivity contribution in [3.05, 3.63) is 70.1 Å². The van der Waals surface area contributed by atoms with Gasteiger partial charge in [-0.1, -0.05) is 17.7 Å². The summed E-state index contributed by atoms with van der Waals surface area (Å²) in [6.45, 7) is 4.56. The second-order valence-corrected chi connectivity index (χ2v) is 6.75. The summed E-state index contributed by atoms with van der Waals surface area (Å²) in [5.74, 6) is 0.117. The van der Waals surface area contributed by atoms with Gasteiger partial charge < -0.3 is 19.2 Å². The van der Waals surface area contributed by atoms with E-state index in [1.807, 2.05) is 31.2 Å². The Morgan fingerprint density at radius 2 is 1.77 bits per heavy atom. The third-order valence-electron chi connectivity index (χ3n) is 4.34. The lowest BCUT2D eigenvalue weighted by Crippen LogP contribution is -2.27. The van der Waals surface area contributed by atoms with E-state index >= 15 is 0 Å². The summed E-state index contributed by atoms with van der Waals surface area (Å²) < 4.78 is 16.1. The minimum absolute atomic E-state index is 0.0670. The van der Waals surface area contributed by atoms with Gasteiger partial charge in [-0.25, -0.2) is 4.79 Å². The molecule has 0 fully saturated rings. The van der Waals surface area contributed by atoms with Crippen LogP contribution in [0, 0.1) is 6.92 Å². The lowest BCUT2D eigenvalue weighted by molar-refractivity contribution is -0.134. The molecule has 1 amide bonds. The van der Waals surface area contributed by atoms with Crippen LogP contribution in [0.15, 0.2) is 57.7 Å². The Morgan fingerprint density at radius 1 is 1.03 bits per heavy atom. The Balaban J connectivity index is 1.56. The van der Waals surface area contributed by atoms with Gasteiger partial charge in [0.05, 0.1) is 6.61 Å². The van der Waals surface area contributed by atoms with E-state index in [-0.39, 0.29) is 23.3 Å². The number of carbonyl (C=O) groups is 2. The topological polar surface area (TPSA) is 94.8 Å². The highest BCUT2D eigenvalue weighted by atomic mass is 16.5. The molecular weight excluding hydrogens is 386 g/mol. The fraction of sp³-hybridized carbons (Fsp3) is 0.261. The first kappa shape index (κ1) is 21.1. The number of rotatable bonds is 8. The van der Waals surface area contributed by atoms with Crippen molar-refractivity contribution < 1.29 is 23.5 Å². The van der Waals surface area contributed by atoms with E-state index in [0.29, 0.717) is 25.0 Å². The van der Waals surface area contributed by atoms with E-state index in [4.69, 9.17) is 13.9 Å². The van der Waals surface area contributed by atoms with Gasteiger partial charge in [-0.3, -0.25) is 9.59 Å². The number of hydrogen-bond acceptors (Lipinski definition) is 6. The molecule has 1 N–H and O–H groups in total. The minimum atomic E-state index is -0.745. The Kier molecular flexibility index (Phi) is 6.85. The SMILES string of the molecule is CCNC(=O)c1cc2ccc(OC(=O)CCCOc3ccc(C)cc3)cc2oc1=O. The molecule has 3 rings (SSSR count). The Bertz CT molecular complexity index is 1100. The number of nitrogens with one attached hydrogen (secondary N) is 1. The average Bonchev–Trinajstić information content (AvgIpc) is 2.72. The van der Waals surface area contributed by atoms with E-state index in [1.54, 1.807) is 19.1 Å². The fourth-order valence-corrected chi connectivity index (χ4v) is 2.79. The van der Waals surface area contributed by atoms with Crippen LogP contribution in [-0.4, -0.2) is 25.0 Å². The van der Waals surface area contributed by atoms with Gasteiger partial charge in [0, 0.05) is 24.4 Å². The Hall–Kier alpha value is -3.61. The van der Waals surface area contributed by atoms with Crippen LogP contribution >= 0.6 is 0 Å². The molecule has 0 aliphatic heterocycles.